The van der Waals surface area contributed by atoms with Gasteiger partial charge < -0.3 is 20.7 Å². The Kier molecular flexibility index (Phi) is 11.4. The van der Waals surface area contributed by atoms with Gasteiger partial charge in [0, 0.05) is 37.3 Å². The summed E-state index contributed by atoms with van der Waals surface area (Å²) in [7, 11) is 1.73. The molecule has 0 atom stereocenters. The summed E-state index contributed by atoms with van der Waals surface area (Å²) in [5.41, 5.74) is 1.93. The topological polar surface area (TPSA) is 74.8 Å². The number of aliphatic imine (C=N–C) groups is 1. The molecule has 0 fully saturated rings. The smallest absolute Gasteiger partial charge is 0.221 e. The summed E-state index contributed by atoms with van der Waals surface area (Å²) in [4.78, 5) is 15.3. The van der Waals surface area contributed by atoms with Crippen molar-refractivity contribution in [2.24, 2.45) is 4.99 Å². The van der Waals surface area contributed by atoms with Crippen molar-refractivity contribution in [1.82, 2.24) is 10.6 Å². The normalized spacial score (nSPS) is 10.6. The van der Waals surface area contributed by atoms with E-state index in [1.807, 2.05) is 42.5 Å². The summed E-state index contributed by atoms with van der Waals surface area (Å²) >= 11 is 5.89. The fourth-order valence-corrected chi connectivity index (χ4v) is 2.53. The van der Waals surface area contributed by atoms with Crippen LogP contribution in [-0.4, -0.2) is 38.6 Å². The average molecular weight is 517 g/mol. The lowest BCUT2D eigenvalue weighted by atomic mass is 10.1. The molecule has 0 bridgehead atoms. The number of nitrogens with one attached hydrogen (secondary N) is 3. The van der Waals surface area contributed by atoms with Crippen LogP contribution >= 0.6 is 35.6 Å². The van der Waals surface area contributed by atoms with Crippen LogP contribution in [0.2, 0.25) is 5.02 Å². The Bertz CT molecular complexity index is 769. The van der Waals surface area contributed by atoms with Crippen molar-refractivity contribution >= 4 is 53.1 Å². The van der Waals surface area contributed by atoms with E-state index < -0.39 is 0 Å². The Hall–Kier alpha value is -2.00. The molecule has 3 N–H and O–H groups in total. The quantitative estimate of drug-likeness (QED) is 0.216. The lowest BCUT2D eigenvalue weighted by Crippen LogP contribution is -2.40. The van der Waals surface area contributed by atoms with E-state index in [0.29, 0.717) is 24.6 Å². The number of nitrogens with zero attached hydrogens (tertiary/aromatic N) is 1. The molecule has 0 heterocycles. The summed E-state index contributed by atoms with van der Waals surface area (Å²) < 4.78 is 5.70. The van der Waals surface area contributed by atoms with Gasteiger partial charge in [-0.2, -0.15) is 0 Å². The molecule has 8 heteroatoms. The van der Waals surface area contributed by atoms with Crippen molar-refractivity contribution in [3.05, 3.63) is 59.1 Å². The second-order valence-electron chi connectivity index (χ2n) is 5.86. The Balaban J connectivity index is 0.00000392. The number of rotatable bonds is 8. The fourth-order valence-electron chi connectivity index (χ4n) is 2.40. The van der Waals surface area contributed by atoms with E-state index in [2.05, 4.69) is 20.9 Å². The molecule has 0 spiro atoms. The minimum absolute atomic E-state index is 0. The molecular weight excluding hydrogens is 491 g/mol. The van der Waals surface area contributed by atoms with Gasteiger partial charge in [0.2, 0.25) is 5.91 Å². The van der Waals surface area contributed by atoms with Crippen LogP contribution in [0.4, 0.5) is 5.69 Å². The van der Waals surface area contributed by atoms with Crippen LogP contribution < -0.4 is 20.7 Å². The predicted octanol–water partition coefficient (Wildman–Crippen LogP) is 3.70. The van der Waals surface area contributed by atoms with Gasteiger partial charge in [-0.15, -0.1) is 24.0 Å². The number of anilines is 1. The van der Waals surface area contributed by atoms with E-state index in [4.69, 9.17) is 16.3 Å². The first-order chi connectivity index (χ1) is 13.1. The monoisotopic (exact) mass is 516 g/mol. The van der Waals surface area contributed by atoms with Gasteiger partial charge in [-0.1, -0.05) is 29.8 Å². The average Bonchev–Trinajstić information content (AvgIpc) is 2.65. The number of benzene rings is 2. The molecule has 0 aliphatic rings. The first-order valence-corrected chi connectivity index (χ1v) is 9.14. The molecule has 1 amide bonds. The largest absolute Gasteiger partial charge is 0.492 e. The van der Waals surface area contributed by atoms with Crippen LogP contribution in [0.5, 0.6) is 5.75 Å². The molecule has 0 aliphatic heterocycles. The lowest BCUT2D eigenvalue weighted by molar-refractivity contribution is -0.114. The first kappa shape index (κ1) is 24.0. The zero-order valence-electron chi connectivity index (χ0n) is 16.0. The number of hydrogen-bond acceptors (Lipinski definition) is 3. The maximum absolute atomic E-state index is 11.1. The highest BCUT2D eigenvalue weighted by molar-refractivity contribution is 14.0. The number of halogens is 2. The number of carbonyl (C=O) groups excluding carboxylic acids is 1. The molecule has 0 saturated carbocycles. The van der Waals surface area contributed by atoms with E-state index in [1.54, 1.807) is 13.1 Å². The third-order valence-corrected chi connectivity index (χ3v) is 3.91. The number of ether oxygens (including phenoxy) is 1. The third kappa shape index (κ3) is 9.27. The maximum atomic E-state index is 11.1. The van der Waals surface area contributed by atoms with Crippen molar-refractivity contribution in [3.8, 4) is 5.75 Å². The summed E-state index contributed by atoms with van der Waals surface area (Å²) in [6.07, 6.45) is 0.879. The van der Waals surface area contributed by atoms with Gasteiger partial charge in [0.1, 0.15) is 12.4 Å². The Morgan fingerprint density at radius 1 is 1.11 bits per heavy atom. The summed E-state index contributed by atoms with van der Waals surface area (Å²) in [6.45, 7) is 3.32. The van der Waals surface area contributed by atoms with Crippen LogP contribution in [0, 0.1) is 0 Å². The van der Waals surface area contributed by atoms with Crippen molar-refractivity contribution in [1.29, 1.82) is 0 Å². The van der Waals surface area contributed by atoms with Gasteiger partial charge in [-0.05, 0) is 36.2 Å². The van der Waals surface area contributed by atoms with Crippen LogP contribution in [0.1, 0.15) is 12.5 Å². The van der Waals surface area contributed by atoms with E-state index in [-0.39, 0.29) is 29.9 Å². The molecule has 2 aromatic rings. The Morgan fingerprint density at radius 3 is 2.50 bits per heavy atom. The van der Waals surface area contributed by atoms with Gasteiger partial charge in [-0.3, -0.25) is 9.79 Å². The van der Waals surface area contributed by atoms with E-state index in [9.17, 15) is 4.79 Å². The van der Waals surface area contributed by atoms with E-state index in [1.165, 1.54) is 12.5 Å². The van der Waals surface area contributed by atoms with Gasteiger partial charge in [0.05, 0.1) is 6.54 Å². The van der Waals surface area contributed by atoms with Crippen LogP contribution in [0.15, 0.2) is 53.5 Å². The van der Waals surface area contributed by atoms with Crippen molar-refractivity contribution in [2.75, 3.05) is 32.1 Å². The summed E-state index contributed by atoms with van der Waals surface area (Å²) in [6, 6.07) is 15.1. The van der Waals surface area contributed by atoms with Gasteiger partial charge in [0.15, 0.2) is 5.96 Å². The van der Waals surface area contributed by atoms with Crippen molar-refractivity contribution < 1.29 is 9.53 Å². The summed E-state index contributed by atoms with van der Waals surface area (Å²) in [5, 5.41) is 9.94. The molecule has 28 heavy (non-hydrogen) atoms. The Morgan fingerprint density at radius 2 is 1.82 bits per heavy atom. The fraction of sp³-hybridized carbons (Fsp3) is 0.300. The van der Waals surface area contributed by atoms with E-state index >= 15 is 0 Å². The Labute approximate surface area is 188 Å². The maximum Gasteiger partial charge on any atom is 0.221 e. The van der Waals surface area contributed by atoms with E-state index in [0.717, 1.165) is 23.9 Å². The molecule has 0 unspecified atom stereocenters. The second-order valence-corrected chi connectivity index (χ2v) is 6.30. The lowest BCUT2D eigenvalue weighted by Gasteiger charge is -2.13. The van der Waals surface area contributed by atoms with Crippen molar-refractivity contribution in [2.45, 2.75) is 13.3 Å². The highest BCUT2D eigenvalue weighted by atomic mass is 127. The summed E-state index contributed by atoms with van der Waals surface area (Å²) in [5.74, 6) is 1.32. The molecular formula is C20H26ClIN4O2. The predicted molar refractivity (Wildman–Crippen MR) is 126 cm³/mol. The van der Waals surface area contributed by atoms with Crippen LogP contribution in [-0.2, 0) is 11.2 Å². The minimum atomic E-state index is -0.109. The molecule has 2 aromatic carbocycles. The highest BCUT2D eigenvalue weighted by Crippen LogP contribution is 2.17. The second kappa shape index (κ2) is 13.2. The molecule has 0 aliphatic carbocycles. The van der Waals surface area contributed by atoms with Gasteiger partial charge in [0.25, 0.3) is 0 Å². The van der Waals surface area contributed by atoms with Crippen LogP contribution in [0.25, 0.3) is 0 Å². The third-order valence-electron chi connectivity index (χ3n) is 3.66. The van der Waals surface area contributed by atoms with Crippen LogP contribution in [0.3, 0.4) is 0 Å². The number of carbonyl (C=O) groups is 1. The SMILES string of the molecule is CN=C(NCCOc1cccc(NC(C)=O)c1)NCCc1ccc(Cl)cc1.I. The number of amides is 1. The molecule has 6 nitrogen and oxygen atoms in total. The molecule has 0 radical (unpaired) electrons. The van der Waals surface area contributed by atoms with Gasteiger partial charge in [-0.25, -0.2) is 0 Å². The minimum Gasteiger partial charge on any atom is -0.492 e. The zero-order valence-corrected chi connectivity index (χ0v) is 19.1. The zero-order chi connectivity index (χ0) is 19.5. The molecule has 0 aromatic heterocycles. The molecule has 152 valence electrons. The molecule has 0 saturated heterocycles. The standard InChI is InChI=1S/C20H25ClN4O2.HI/c1-15(26)25-18-4-3-5-19(14-18)27-13-12-24-20(22-2)23-11-10-16-6-8-17(21)9-7-16;/h3-9,14H,10-13H2,1-2H3,(H,25,26)(H2,22,23,24);1H. The highest BCUT2D eigenvalue weighted by Gasteiger charge is 2.01. The first-order valence-electron chi connectivity index (χ1n) is 8.76. The van der Waals surface area contributed by atoms with Crippen molar-refractivity contribution in [3.63, 3.8) is 0 Å². The molecule has 2 rings (SSSR count). The number of guanidine groups is 1. The van der Waals surface area contributed by atoms with Gasteiger partial charge >= 0.3 is 0 Å². The number of hydrogen-bond donors (Lipinski definition) is 3.